The van der Waals surface area contributed by atoms with Gasteiger partial charge >= 0.3 is 0 Å². The van der Waals surface area contributed by atoms with E-state index in [9.17, 15) is 13.2 Å². The van der Waals surface area contributed by atoms with E-state index in [0.717, 1.165) is 6.07 Å². The van der Waals surface area contributed by atoms with Crippen LogP contribution in [-0.2, 0) is 0 Å². The molecule has 2 aromatic rings. The predicted molar refractivity (Wildman–Crippen MR) is 74.2 cm³/mol. The molecule has 19 heavy (non-hydrogen) atoms. The highest BCUT2D eigenvalue weighted by atomic mass is 79.9. The van der Waals surface area contributed by atoms with Gasteiger partial charge in [-0.1, -0.05) is 17.7 Å². The van der Waals surface area contributed by atoms with Crippen molar-refractivity contribution >= 4 is 38.9 Å². The molecule has 1 unspecified atom stereocenters. The third-order valence-electron chi connectivity index (χ3n) is 2.61. The van der Waals surface area contributed by atoms with Crippen LogP contribution in [0, 0.1) is 17.5 Å². The van der Waals surface area contributed by atoms with E-state index >= 15 is 0 Å². The lowest BCUT2D eigenvalue weighted by Gasteiger charge is -2.16. The minimum atomic E-state index is -1.47. The van der Waals surface area contributed by atoms with E-state index in [1.54, 1.807) is 13.1 Å². The van der Waals surface area contributed by atoms with Crippen LogP contribution in [0.4, 0.5) is 13.2 Å². The van der Waals surface area contributed by atoms with Crippen LogP contribution < -0.4 is 5.32 Å². The molecule has 0 amide bonds. The normalized spacial score (nSPS) is 12.7. The molecule has 1 N–H and O–H groups in total. The van der Waals surface area contributed by atoms with Gasteiger partial charge in [0.25, 0.3) is 0 Å². The molecule has 0 spiro atoms. The fourth-order valence-corrected chi connectivity index (χ4v) is 3.60. The van der Waals surface area contributed by atoms with E-state index in [-0.39, 0.29) is 5.56 Å². The average molecular weight is 371 g/mol. The SMILES string of the molecule is CNC(c1cc(Cl)c(Br)s1)c1ccc(F)c(F)c1F. The third kappa shape index (κ3) is 2.81. The Labute approximate surface area is 125 Å². The zero-order valence-corrected chi connectivity index (χ0v) is 12.8. The van der Waals surface area contributed by atoms with E-state index in [1.807, 2.05) is 0 Å². The van der Waals surface area contributed by atoms with Crippen molar-refractivity contribution in [2.75, 3.05) is 7.05 Å². The van der Waals surface area contributed by atoms with Gasteiger partial charge in [0, 0.05) is 10.4 Å². The molecule has 0 saturated heterocycles. The van der Waals surface area contributed by atoms with E-state index in [4.69, 9.17) is 11.6 Å². The Hall–Kier alpha value is -0.560. The van der Waals surface area contributed by atoms with Gasteiger partial charge < -0.3 is 5.32 Å². The first-order chi connectivity index (χ1) is 8.95. The van der Waals surface area contributed by atoms with Crippen LogP contribution in [0.3, 0.4) is 0 Å². The van der Waals surface area contributed by atoms with Gasteiger partial charge in [0.15, 0.2) is 17.5 Å². The Morgan fingerprint density at radius 3 is 2.47 bits per heavy atom. The Balaban J connectivity index is 2.51. The summed E-state index contributed by atoms with van der Waals surface area (Å²) in [5, 5.41) is 3.35. The fraction of sp³-hybridized carbons (Fsp3) is 0.167. The second kappa shape index (κ2) is 5.83. The summed E-state index contributed by atoms with van der Waals surface area (Å²) in [6.07, 6.45) is 0. The summed E-state index contributed by atoms with van der Waals surface area (Å²) in [4.78, 5) is 0.698. The lowest BCUT2D eigenvalue weighted by atomic mass is 10.0. The molecule has 1 heterocycles. The first kappa shape index (κ1) is 14.8. The second-order valence-corrected chi connectivity index (χ2v) is 6.57. The maximum atomic E-state index is 13.8. The molecule has 0 bridgehead atoms. The van der Waals surface area contributed by atoms with Crippen molar-refractivity contribution in [3.8, 4) is 0 Å². The first-order valence-corrected chi connectivity index (χ1v) is 7.19. The van der Waals surface area contributed by atoms with Crippen molar-refractivity contribution in [1.82, 2.24) is 5.32 Å². The molecule has 7 heteroatoms. The average Bonchev–Trinajstić information content (AvgIpc) is 2.70. The molecule has 0 aliphatic rings. The van der Waals surface area contributed by atoms with Gasteiger partial charge in [0.05, 0.1) is 14.9 Å². The predicted octanol–water partition coefficient (Wildman–Crippen LogP) is 4.89. The molecule has 0 radical (unpaired) electrons. The highest BCUT2D eigenvalue weighted by Crippen LogP contribution is 2.38. The standard InChI is InChI=1S/C12H8BrClF3NS/c1-18-11(8-4-6(14)12(13)19-8)5-2-3-7(15)10(17)9(5)16/h2-4,11,18H,1H3. The van der Waals surface area contributed by atoms with Crippen LogP contribution in [0.2, 0.25) is 5.02 Å². The van der Waals surface area contributed by atoms with Crippen molar-refractivity contribution in [2.24, 2.45) is 0 Å². The number of thiophene rings is 1. The third-order valence-corrected chi connectivity index (χ3v) is 5.15. The molecule has 2 rings (SSSR count). The van der Waals surface area contributed by atoms with Gasteiger partial charge in [-0.05, 0) is 35.1 Å². The fourth-order valence-electron chi connectivity index (χ4n) is 1.72. The molecule has 1 atom stereocenters. The maximum Gasteiger partial charge on any atom is 0.194 e. The van der Waals surface area contributed by atoms with Crippen molar-refractivity contribution in [3.63, 3.8) is 0 Å². The van der Waals surface area contributed by atoms with Crippen LogP contribution in [0.25, 0.3) is 0 Å². The molecule has 1 nitrogen and oxygen atoms in total. The number of hydrogen-bond acceptors (Lipinski definition) is 2. The summed E-state index contributed by atoms with van der Waals surface area (Å²) in [6.45, 7) is 0. The van der Waals surface area contributed by atoms with Gasteiger partial charge in [-0.2, -0.15) is 0 Å². The van der Waals surface area contributed by atoms with Crippen LogP contribution in [-0.4, -0.2) is 7.05 Å². The van der Waals surface area contributed by atoms with Gasteiger partial charge in [-0.15, -0.1) is 11.3 Å². The maximum absolute atomic E-state index is 13.8. The van der Waals surface area contributed by atoms with Crippen LogP contribution >= 0.6 is 38.9 Å². The number of hydrogen-bond donors (Lipinski definition) is 1. The number of nitrogens with one attached hydrogen (secondary N) is 1. The summed E-state index contributed by atoms with van der Waals surface area (Å²) in [7, 11) is 1.60. The zero-order chi connectivity index (χ0) is 14.2. The molecule has 1 aromatic heterocycles. The minimum absolute atomic E-state index is 0.0341. The highest BCUT2D eigenvalue weighted by molar-refractivity contribution is 9.11. The molecule has 102 valence electrons. The van der Waals surface area contributed by atoms with Crippen LogP contribution in [0.15, 0.2) is 22.0 Å². The van der Waals surface area contributed by atoms with E-state index < -0.39 is 23.5 Å². The Morgan fingerprint density at radius 1 is 1.26 bits per heavy atom. The summed E-state index contributed by atoms with van der Waals surface area (Å²) in [5.41, 5.74) is 0.0341. The van der Waals surface area contributed by atoms with Crippen molar-refractivity contribution < 1.29 is 13.2 Å². The number of rotatable bonds is 3. The summed E-state index contributed by atoms with van der Waals surface area (Å²) in [6, 6.07) is 3.18. The molecular formula is C12H8BrClF3NS. The lowest BCUT2D eigenvalue weighted by Crippen LogP contribution is -2.18. The van der Waals surface area contributed by atoms with E-state index in [2.05, 4.69) is 21.2 Å². The largest absolute Gasteiger partial charge is 0.309 e. The molecule has 1 aromatic carbocycles. The Bertz CT molecular complexity index is 598. The zero-order valence-electron chi connectivity index (χ0n) is 9.61. The van der Waals surface area contributed by atoms with E-state index in [1.165, 1.54) is 17.4 Å². The number of halogens is 5. The van der Waals surface area contributed by atoms with Gasteiger partial charge in [0.2, 0.25) is 0 Å². The number of benzene rings is 1. The van der Waals surface area contributed by atoms with E-state index in [0.29, 0.717) is 13.7 Å². The molecular weight excluding hydrogens is 363 g/mol. The summed E-state index contributed by atoms with van der Waals surface area (Å²) >= 11 is 10.5. The summed E-state index contributed by atoms with van der Waals surface area (Å²) in [5.74, 6) is -3.87. The summed E-state index contributed by atoms with van der Waals surface area (Å²) < 4.78 is 40.7. The quantitative estimate of drug-likeness (QED) is 0.759. The second-order valence-electron chi connectivity index (χ2n) is 3.76. The highest BCUT2D eigenvalue weighted by Gasteiger charge is 2.23. The van der Waals surface area contributed by atoms with Crippen LogP contribution in [0.1, 0.15) is 16.5 Å². The lowest BCUT2D eigenvalue weighted by molar-refractivity contribution is 0.435. The van der Waals surface area contributed by atoms with Gasteiger partial charge in [-0.3, -0.25) is 0 Å². The molecule has 0 aliphatic carbocycles. The van der Waals surface area contributed by atoms with Crippen molar-refractivity contribution in [3.05, 3.63) is 54.9 Å². The Morgan fingerprint density at radius 2 is 1.95 bits per heavy atom. The van der Waals surface area contributed by atoms with Crippen LogP contribution in [0.5, 0.6) is 0 Å². The topological polar surface area (TPSA) is 12.0 Å². The van der Waals surface area contributed by atoms with Gasteiger partial charge in [-0.25, -0.2) is 13.2 Å². The van der Waals surface area contributed by atoms with Gasteiger partial charge in [0.1, 0.15) is 0 Å². The van der Waals surface area contributed by atoms with Crippen molar-refractivity contribution in [2.45, 2.75) is 6.04 Å². The van der Waals surface area contributed by atoms with Crippen molar-refractivity contribution in [1.29, 1.82) is 0 Å². The molecule has 0 aliphatic heterocycles. The smallest absolute Gasteiger partial charge is 0.194 e. The minimum Gasteiger partial charge on any atom is -0.309 e. The monoisotopic (exact) mass is 369 g/mol. The Kier molecular flexibility index (Phi) is 4.55. The molecule has 0 saturated carbocycles. The first-order valence-electron chi connectivity index (χ1n) is 5.21. The molecule has 0 fully saturated rings.